The monoisotopic (exact) mass is 401 g/mol. The molecule has 3 nitrogen and oxygen atoms in total. The van der Waals surface area contributed by atoms with Crippen LogP contribution in [0.25, 0.3) is 0 Å². The summed E-state index contributed by atoms with van der Waals surface area (Å²) < 4.78 is 0. The molecule has 1 fully saturated rings. The summed E-state index contributed by atoms with van der Waals surface area (Å²) in [4.78, 5) is 6.73. The summed E-state index contributed by atoms with van der Waals surface area (Å²) in [6.07, 6.45) is 7.57. The smallest absolute Gasteiger partial charge is 0.193 e. The molecule has 0 spiro atoms. The van der Waals surface area contributed by atoms with Crippen LogP contribution in [0.4, 0.5) is 0 Å². The standard InChI is InChI=1S/C17H27N3.HI/c1-18-17(20-14-8-9-15-20)19-13-7-3-6-12-16-10-4-2-5-11-16;/h2,4-5,10-11H,3,6-9,12-15H2,1H3,(H,18,19);1H. The van der Waals surface area contributed by atoms with Gasteiger partial charge in [0.15, 0.2) is 5.96 Å². The maximum Gasteiger partial charge on any atom is 0.193 e. The van der Waals surface area contributed by atoms with Crippen molar-refractivity contribution in [2.45, 2.75) is 38.5 Å². The molecular formula is C17H28IN3. The number of likely N-dealkylation sites (tertiary alicyclic amines) is 1. The van der Waals surface area contributed by atoms with Crippen LogP contribution in [0, 0.1) is 0 Å². The maximum atomic E-state index is 4.37. The van der Waals surface area contributed by atoms with Gasteiger partial charge in [-0.05, 0) is 37.7 Å². The molecule has 1 aromatic carbocycles. The number of halogens is 1. The summed E-state index contributed by atoms with van der Waals surface area (Å²) in [5, 5.41) is 3.49. The fourth-order valence-corrected chi connectivity index (χ4v) is 2.74. The van der Waals surface area contributed by atoms with Crippen LogP contribution in [-0.2, 0) is 6.42 Å². The van der Waals surface area contributed by atoms with Gasteiger partial charge >= 0.3 is 0 Å². The van der Waals surface area contributed by atoms with E-state index < -0.39 is 0 Å². The van der Waals surface area contributed by atoms with E-state index in [0.29, 0.717) is 0 Å². The summed E-state index contributed by atoms with van der Waals surface area (Å²) >= 11 is 0. The first-order valence-electron chi connectivity index (χ1n) is 7.89. The van der Waals surface area contributed by atoms with Crippen LogP contribution in [0.1, 0.15) is 37.7 Å². The lowest BCUT2D eigenvalue weighted by Crippen LogP contribution is -2.39. The fraction of sp³-hybridized carbons (Fsp3) is 0.588. The van der Waals surface area contributed by atoms with Gasteiger partial charge in [-0.3, -0.25) is 4.99 Å². The number of rotatable bonds is 6. The van der Waals surface area contributed by atoms with E-state index in [1.807, 2.05) is 7.05 Å². The third-order valence-electron chi connectivity index (χ3n) is 3.89. The number of nitrogens with one attached hydrogen (secondary N) is 1. The van der Waals surface area contributed by atoms with Gasteiger partial charge in [-0.1, -0.05) is 36.8 Å². The Morgan fingerprint density at radius 1 is 1.10 bits per heavy atom. The van der Waals surface area contributed by atoms with Crippen molar-refractivity contribution in [3.63, 3.8) is 0 Å². The van der Waals surface area contributed by atoms with E-state index in [1.165, 1.54) is 44.1 Å². The zero-order valence-corrected chi connectivity index (χ0v) is 15.4. The molecule has 1 heterocycles. The quantitative estimate of drug-likeness (QED) is 0.341. The molecule has 4 heteroatoms. The van der Waals surface area contributed by atoms with E-state index in [0.717, 1.165) is 25.6 Å². The molecule has 0 atom stereocenters. The van der Waals surface area contributed by atoms with Crippen molar-refractivity contribution in [1.82, 2.24) is 10.2 Å². The van der Waals surface area contributed by atoms with Crippen molar-refractivity contribution >= 4 is 29.9 Å². The number of nitrogens with zero attached hydrogens (tertiary/aromatic N) is 2. The van der Waals surface area contributed by atoms with Crippen LogP contribution >= 0.6 is 24.0 Å². The average Bonchev–Trinajstić information content (AvgIpc) is 3.02. The molecular weight excluding hydrogens is 373 g/mol. The van der Waals surface area contributed by atoms with Gasteiger partial charge < -0.3 is 10.2 Å². The minimum Gasteiger partial charge on any atom is -0.356 e. The molecule has 1 aromatic rings. The minimum atomic E-state index is 0. The summed E-state index contributed by atoms with van der Waals surface area (Å²) in [6, 6.07) is 10.8. The van der Waals surface area contributed by atoms with Gasteiger partial charge in [0, 0.05) is 26.7 Å². The largest absolute Gasteiger partial charge is 0.356 e. The second-order valence-electron chi connectivity index (χ2n) is 5.46. The molecule has 0 aromatic heterocycles. The van der Waals surface area contributed by atoms with Crippen molar-refractivity contribution in [3.05, 3.63) is 35.9 Å². The van der Waals surface area contributed by atoms with E-state index in [2.05, 4.69) is 45.5 Å². The summed E-state index contributed by atoms with van der Waals surface area (Å²) in [6.45, 7) is 3.36. The van der Waals surface area contributed by atoms with Gasteiger partial charge in [-0.2, -0.15) is 0 Å². The molecule has 0 bridgehead atoms. The Bertz CT molecular complexity index is 400. The Labute approximate surface area is 146 Å². The van der Waals surface area contributed by atoms with E-state index >= 15 is 0 Å². The molecule has 1 aliphatic rings. The van der Waals surface area contributed by atoms with Crippen molar-refractivity contribution in [2.75, 3.05) is 26.7 Å². The second-order valence-corrected chi connectivity index (χ2v) is 5.46. The molecule has 2 rings (SSSR count). The zero-order valence-electron chi connectivity index (χ0n) is 13.1. The van der Waals surface area contributed by atoms with Crippen LogP contribution in [0.3, 0.4) is 0 Å². The number of aryl methyl sites for hydroxylation is 1. The fourth-order valence-electron chi connectivity index (χ4n) is 2.74. The molecule has 1 N–H and O–H groups in total. The molecule has 118 valence electrons. The van der Waals surface area contributed by atoms with Crippen molar-refractivity contribution in [3.8, 4) is 0 Å². The van der Waals surface area contributed by atoms with E-state index in [1.54, 1.807) is 0 Å². The Kier molecular flexibility index (Phi) is 9.46. The molecule has 0 unspecified atom stereocenters. The molecule has 0 radical (unpaired) electrons. The number of guanidine groups is 1. The predicted octanol–water partition coefficient (Wildman–Crippen LogP) is 3.69. The Morgan fingerprint density at radius 2 is 1.81 bits per heavy atom. The van der Waals surface area contributed by atoms with Gasteiger partial charge in [0.05, 0.1) is 0 Å². The number of benzene rings is 1. The van der Waals surface area contributed by atoms with Crippen LogP contribution in [0.15, 0.2) is 35.3 Å². The molecule has 21 heavy (non-hydrogen) atoms. The van der Waals surface area contributed by atoms with Gasteiger partial charge in [-0.15, -0.1) is 24.0 Å². The zero-order chi connectivity index (χ0) is 14.0. The highest BCUT2D eigenvalue weighted by atomic mass is 127. The average molecular weight is 401 g/mol. The predicted molar refractivity (Wildman–Crippen MR) is 102 cm³/mol. The normalized spacial score (nSPS) is 14.9. The van der Waals surface area contributed by atoms with E-state index in [-0.39, 0.29) is 24.0 Å². The van der Waals surface area contributed by atoms with Crippen LogP contribution < -0.4 is 5.32 Å². The molecule has 1 aliphatic heterocycles. The first kappa shape index (κ1) is 18.3. The SMILES string of the molecule is CN=C(NCCCCCc1ccccc1)N1CCCC1.I. The molecule has 1 saturated heterocycles. The van der Waals surface area contributed by atoms with Crippen molar-refractivity contribution in [2.24, 2.45) is 4.99 Å². The van der Waals surface area contributed by atoms with Gasteiger partial charge in [-0.25, -0.2) is 0 Å². The minimum absolute atomic E-state index is 0. The number of hydrogen-bond acceptors (Lipinski definition) is 1. The maximum absolute atomic E-state index is 4.37. The lowest BCUT2D eigenvalue weighted by Gasteiger charge is -2.20. The lowest BCUT2D eigenvalue weighted by molar-refractivity contribution is 0.490. The topological polar surface area (TPSA) is 27.6 Å². The lowest BCUT2D eigenvalue weighted by atomic mass is 10.1. The van der Waals surface area contributed by atoms with Gasteiger partial charge in [0.2, 0.25) is 0 Å². The van der Waals surface area contributed by atoms with Crippen LogP contribution in [0.2, 0.25) is 0 Å². The number of unbranched alkanes of at least 4 members (excludes halogenated alkanes) is 2. The van der Waals surface area contributed by atoms with Crippen molar-refractivity contribution < 1.29 is 0 Å². The summed E-state index contributed by atoms with van der Waals surface area (Å²) in [5.41, 5.74) is 1.45. The highest BCUT2D eigenvalue weighted by Crippen LogP contribution is 2.08. The third-order valence-corrected chi connectivity index (χ3v) is 3.89. The summed E-state index contributed by atoms with van der Waals surface area (Å²) in [7, 11) is 1.88. The Morgan fingerprint density at radius 3 is 2.48 bits per heavy atom. The first-order valence-corrected chi connectivity index (χ1v) is 7.89. The van der Waals surface area contributed by atoms with Crippen molar-refractivity contribution in [1.29, 1.82) is 0 Å². The molecule has 0 aliphatic carbocycles. The Balaban J connectivity index is 0.00000220. The van der Waals surface area contributed by atoms with Gasteiger partial charge in [0.1, 0.15) is 0 Å². The third kappa shape index (κ3) is 6.68. The first-order chi connectivity index (χ1) is 9.90. The Hall–Kier alpha value is -0.780. The highest BCUT2D eigenvalue weighted by Gasteiger charge is 2.14. The second kappa shape index (κ2) is 10.9. The summed E-state index contributed by atoms with van der Waals surface area (Å²) in [5.74, 6) is 1.09. The number of aliphatic imine (C=N–C) groups is 1. The van der Waals surface area contributed by atoms with Crippen LogP contribution in [-0.4, -0.2) is 37.5 Å². The van der Waals surface area contributed by atoms with Crippen LogP contribution in [0.5, 0.6) is 0 Å². The molecule has 0 saturated carbocycles. The number of hydrogen-bond donors (Lipinski definition) is 1. The molecule has 0 amide bonds. The van der Waals surface area contributed by atoms with Gasteiger partial charge in [0.25, 0.3) is 0 Å². The van der Waals surface area contributed by atoms with E-state index in [4.69, 9.17) is 0 Å². The van der Waals surface area contributed by atoms with E-state index in [9.17, 15) is 0 Å². The highest BCUT2D eigenvalue weighted by molar-refractivity contribution is 14.0.